The zero-order chi connectivity index (χ0) is 11.1. The number of hydrogen-bond acceptors (Lipinski definition) is 3. The molecule has 0 aliphatic heterocycles. The normalized spacial score (nSPS) is 10.0. The van der Waals surface area contributed by atoms with Crippen molar-refractivity contribution in [2.75, 3.05) is 19.8 Å². The van der Waals surface area contributed by atoms with Gasteiger partial charge in [-0.2, -0.15) is 0 Å². The molecule has 0 aliphatic carbocycles. The lowest BCUT2D eigenvalue weighted by Crippen LogP contribution is -2.27. The Morgan fingerprint density at radius 2 is 2.40 bits per heavy atom. The van der Waals surface area contributed by atoms with Gasteiger partial charge in [0.2, 0.25) is 0 Å². The molecule has 1 heterocycles. The number of pyridine rings is 1. The second-order valence-corrected chi connectivity index (χ2v) is 3.73. The fourth-order valence-electron chi connectivity index (χ4n) is 0.982. The van der Waals surface area contributed by atoms with E-state index in [1.807, 2.05) is 6.92 Å². The number of aromatic nitrogens is 1. The quantitative estimate of drug-likeness (QED) is 0.829. The van der Waals surface area contributed by atoms with Crippen LogP contribution < -0.4 is 5.32 Å². The number of ether oxygens (including phenoxy) is 1. The predicted molar refractivity (Wildman–Crippen MR) is 60.8 cm³/mol. The minimum absolute atomic E-state index is 0.179. The van der Waals surface area contributed by atoms with Crippen molar-refractivity contribution in [1.29, 1.82) is 0 Å². The third-order valence-electron chi connectivity index (χ3n) is 1.70. The summed E-state index contributed by atoms with van der Waals surface area (Å²) in [5.41, 5.74) is 0.412. The monoisotopic (exact) mass is 272 g/mol. The highest BCUT2D eigenvalue weighted by atomic mass is 79.9. The van der Waals surface area contributed by atoms with Gasteiger partial charge in [-0.3, -0.25) is 4.79 Å². The Kier molecular flexibility index (Phi) is 5.28. The Hall–Kier alpha value is -0.940. The summed E-state index contributed by atoms with van der Waals surface area (Å²) < 4.78 is 5.95. The lowest BCUT2D eigenvalue weighted by Gasteiger charge is -2.04. The topological polar surface area (TPSA) is 51.2 Å². The number of hydrogen-bond donors (Lipinski definition) is 1. The highest BCUT2D eigenvalue weighted by molar-refractivity contribution is 9.10. The van der Waals surface area contributed by atoms with Crippen molar-refractivity contribution in [3.63, 3.8) is 0 Å². The van der Waals surface area contributed by atoms with Crippen molar-refractivity contribution in [3.05, 3.63) is 28.5 Å². The summed E-state index contributed by atoms with van der Waals surface area (Å²) in [5, 5.41) is 2.71. The van der Waals surface area contributed by atoms with Gasteiger partial charge in [0.15, 0.2) is 0 Å². The lowest BCUT2D eigenvalue weighted by molar-refractivity contribution is 0.0917. The molecular formula is C10H13BrN2O2. The van der Waals surface area contributed by atoms with Crippen molar-refractivity contribution >= 4 is 21.8 Å². The fraction of sp³-hybridized carbons (Fsp3) is 0.400. The molecule has 0 saturated heterocycles. The van der Waals surface area contributed by atoms with E-state index in [1.165, 1.54) is 0 Å². The van der Waals surface area contributed by atoms with E-state index in [9.17, 15) is 4.79 Å². The number of halogens is 1. The van der Waals surface area contributed by atoms with Crippen LogP contribution in [0.2, 0.25) is 0 Å². The molecule has 1 rings (SSSR count). The van der Waals surface area contributed by atoms with Crippen LogP contribution in [0.25, 0.3) is 0 Å². The van der Waals surface area contributed by atoms with Crippen LogP contribution in [-0.4, -0.2) is 30.6 Å². The molecule has 0 radical (unpaired) electrons. The third kappa shape index (κ3) is 4.40. The van der Waals surface area contributed by atoms with E-state index in [2.05, 4.69) is 26.2 Å². The molecule has 0 spiro atoms. The molecule has 1 aromatic rings. The maximum atomic E-state index is 11.5. The molecule has 0 saturated carbocycles. The van der Waals surface area contributed by atoms with E-state index in [0.717, 1.165) is 4.47 Å². The van der Waals surface area contributed by atoms with E-state index < -0.39 is 0 Å². The van der Waals surface area contributed by atoms with Crippen molar-refractivity contribution in [1.82, 2.24) is 10.3 Å². The summed E-state index contributed by atoms with van der Waals surface area (Å²) in [6.45, 7) is 3.60. The average molecular weight is 273 g/mol. The Morgan fingerprint density at radius 1 is 1.60 bits per heavy atom. The maximum Gasteiger partial charge on any atom is 0.269 e. The van der Waals surface area contributed by atoms with E-state index in [4.69, 9.17) is 4.74 Å². The number of nitrogens with one attached hydrogen (secondary N) is 1. The van der Waals surface area contributed by atoms with Crippen LogP contribution in [0, 0.1) is 0 Å². The van der Waals surface area contributed by atoms with Crippen molar-refractivity contribution in [2.45, 2.75) is 6.92 Å². The summed E-state index contributed by atoms with van der Waals surface area (Å²) >= 11 is 3.25. The first-order chi connectivity index (χ1) is 7.24. The molecule has 5 heteroatoms. The Morgan fingerprint density at radius 3 is 3.00 bits per heavy atom. The van der Waals surface area contributed by atoms with Crippen LogP contribution in [0.15, 0.2) is 22.8 Å². The SMILES string of the molecule is CCOCCNC(=O)c1ccc(Br)cn1. The summed E-state index contributed by atoms with van der Waals surface area (Å²) in [4.78, 5) is 15.5. The Balaban J connectivity index is 2.37. The van der Waals surface area contributed by atoms with Gasteiger partial charge < -0.3 is 10.1 Å². The lowest BCUT2D eigenvalue weighted by atomic mass is 10.3. The molecule has 0 bridgehead atoms. The number of carbonyl (C=O) groups is 1. The summed E-state index contributed by atoms with van der Waals surface area (Å²) in [6.07, 6.45) is 1.59. The van der Waals surface area contributed by atoms with Crippen LogP contribution in [0.4, 0.5) is 0 Å². The second-order valence-electron chi connectivity index (χ2n) is 2.81. The molecule has 1 amide bonds. The number of rotatable bonds is 5. The molecule has 15 heavy (non-hydrogen) atoms. The first kappa shape index (κ1) is 12.1. The largest absolute Gasteiger partial charge is 0.380 e. The molecule has 4 nitrogen and oxygen atoms in total. The summed E-state index contributed by atoms with van der Waals surface area (Å²) in [6, 6.07) is 3.45. The Bertz CT molecular complexity index is 314. The highest BCUT2D eigenvalue weighted by Gasteiger charge is 2.05. The van der Waals surface area contributed by atoms with Crippen molar-refractivity contribution < 1.29 is 9.53 Å². The fourth-order valence-corrected chi connectivity index (χ4v) is 1.22. The number of amides is 1. The van der Waals surface area contributed by atoms with Gasteiger partial charge in [0, 0.05) is 23.8 Å². The molecule has 1 aromatic heterocycles. The predicted octanol–water partition coefficient (Wildman–Crippen LogP) is 1.61. The van der Waals surface area contributed by atoms with Crippen LogP contribution >= 0.6 is 15.9 Å². The van der Waals surface area contributed by atoms with Crippen LogP contribution in [0.1, 0.15) is 17.4 Å². The summed E-state index contributed by atoms with van der Waals surface area (Å²) in [5.74, 6) is -0.179. The summed E-state index contributed by atoms with van der Waals surface area (Å²) in [7, 11) is 0. The maximum absolute atomic E-state index is 11.5. The van der Waals surface area contributed by atoms with Gasteiger partial charge in [-0.05, 0) is 35.0 Å². The third-order valence-corrected chi connectivity index (χ3v) is 2.17. The number of carbonyl (C=O) groups excluding carboxylic acids is 1. The van der Waals surface area contributed by atoms with Gasteiger partial charge in [-0.15, -0.1) is 0 Å². The van der Waals surface area contributed by atoms with Crippen LogP contribution in [0.3, 0.4) is 0 Å². The smallest absolute Gasteiger partial charge is 0.269 e. The van der Waals surface area contributed by atoms with E-state index in [1.54, 1.807) is 18.3 Å². The van der Waals surface area contributed by atoms with Crippen LogP contribution in [-0.2, 0) is 4.74 Å². The molecule has 0 unspecified atom stereocenters. The van der Waals surface area contributed by atoms with Crippen molar-refractivity contribution in [3.8, 4) is 0 Å². The highest BCUT2D eigenvalue weighted by Crippen LogP contribution is 2.06. The second kappa shape index (κ2) is 6.53. The minimum atomic E-state index is -0.179. The molecular weight excluding hydrogens is 260 g/mol. The molecule has 82 valence electrons. The van der Waals surface area contributed by atoms with E-state index in [0.29, 0.717) is 25.5 Å². The molecule has 0 aliphatic rings. The van der Waals surface area contributed by atoms with E-state index in [-0.39, 0.29) is 5.91 Å². The van der Waals surface area contributed by atoms with Gasteiger partial charge in [0.05, 0.1) is 6.61 Å². The standard InChI is InChI=1S/C10H13BrN2O2/c1-2-15-6-5-12-10(14)9-4-3-8(11)7-13-9/h3-4,7H,2,5-6H2,1H3,(H,12,14). The van der Waals surface area contributed by atoms with Gasteiger partial charge >= 0.3 is 0 Å². The zero-order valence-corrected chi connectivity index (χ0v) is 10.1. The molecule has 0 aromatic carbocycles. The average Bonchev–Trinajstić information content (AvgIpc) is 2.25. The first-order valence-corrected chi connectivity index (χ1v) is 5.51. The Labute approximate surface area is 97.2 Å². The van der Waals surface area contributed by atoms with Gasteiger partial charge in [0.25, 0.3) is 5.91 Å². The van der Waals surface area contributed by atoms with Crippen molar-refractivity contribution in [2.24, 2.45) is 0 Å². The molecule has 0 fully saturated rings. The van der Waals surface area contributed by atoms with Gasteiger partial charge in [0.1, 0.15) is 5.69 Å². The van der Waals surface area contributed by atoms with Crippen LogP contribution in [0.5, 0.6) is 0 Å². The zero-order valence-electron chi connectivity index (χ0n) is 8.50. The minimum Gasteiger partial charge on any atom is -0.380 e. The van der Waals surface area contributed by atoms with Gasteiger partial charge in [-0.1, -0.05) is 0 Å². The molecule has 0 atom stereocenters. The molecule has 1 N–H and O–H groups in total. The number of nitrogens with zero attached hydrogens (tertiary/aromatic N) is 1. The van der Waals surface area contributed by atoms with Gasteiger partial charge in [-0.25, -0.2) is 4.98 Å². The first-order valence-electron chi connectivity index (χ1n) is 4.71. The van der Waals surface area contributed by atoms with E-state index >= 15 is 0 Å².